The SMILES string of the molecule is CC(=O)c1cn(CCCO)c2c(C(=O)O)c(C)ccc12. The highest BCUT2D eigenvalue weighted by Gasteiger charge is 2.20. The Hall–Kier alpha value is -2.14. The second-order valence-electron chi connectivity index (χ2n) is 4.83. The van der Waals surface area contributed by atoms with Gasteiger partial charge in [0, 0.05) is 30.3 Å². The number of Topliss-reactive ketones (excluding diaryl/α,β-unsaturated/α-hetero) is 1. The fourth-order valence-electron chi connectivity index (χ4n) is 2.47. The van der Waals surface area contributed by atoms with Gasteiger partial charge in [-0.2, -0.15) is 0 Å². The predicted molar refractivity (Wildman–Crippen MR) is 75.3 cm³/mol. The van der Waals surface area contributed by atoms with Crippen LogP contribution in [0.15, 0.2) is 18.3 Å². The molecule has 1 aromatic carbocycles. The Bertz CT molecular complexity index is 685. The van der Waals surface area contributed by atoms with Crippen LogP contribution in [0.1, 0.15) is 39.6 Å². The van der Waals surface area contributed by atoms with Gasteiger partial charge >= 0.3 is 5.97 Å². The molecule has 0 saturated carbocycles. The van der Waals surface area contributed by atoms with Crippen LogP contribution in [0.2, 0.25) is 0 Å². The lowest BCUT2D eigenvalue weighted by Gasteiger charge is -2.08. The average molecular weight is 275 g/mol. The molecule has 0 bridgehead atoms. The maximum Gasteiger partial charge on any atom is 0.338 e. The van der Waals surface area contributed by atoms with Crippen molar-refractivity contribution in [1.29, 1.82) is 0 Å². The van der Waals surface area contributed by atoms with E-state index in [-0.39, 0.29) is 18.0 Å². The van der Waals surface area contributed by atoms with Crippen LogP contribution in [0, 0.1) is 6.92 Å². The number of rotatable bonds is 5. The fraction of sp³-hybridized carbons (Fsp3) is 0.333. The number of carbonyl (C=O) groups is 2. The molecule has 0 unspecified atom stereocenters. The summed E-state index contributed by atoms with van der Waals surface area (Å²) in [4.78, 5) is 23.2. The highest BCUT2D eigenvalue weighted by molar-refractivity contribution is 6.12. The van der Waals surface area contributed by atoms with Crippen LogP contribution in [0.4, 0.5) is 0 Å². The molecular weight excluding hydrogens is 258 g/mol. The van der Waals surface area contributed by atoms with Crippen LogP contribution >= 0.6 is 0 Å². The molecule has 5 nitrogen and oxygen atoms in total. The number of carboxylic acids is 1. The van der Waals surface area contributed by atoms with Crippen LogP contribution in [0.25, 0.3) is 10.9 Å². The Balaban J connectivity index is 2.80. The molecule has 2 N–H and O–H groups in total. The van der Waals surface area contributed by atoms with Crippen molar-refractivity contribution >= 4 is 22.7 Å². The largest absolute Gasteiger partial charge is 0.478 e. The highest BCUT2D eigenvalue weighted by Crippen LogP contribution is 2.28. The topological polar surface area (TPSA) is 79.5 Å². The Labute approximate surface area is 116 Å². The van der Waals surface area contributed by atoms with Crippen LogP contribution in [0.3, 0.4) is 0 Å². The van der Waals surface area contributed by atoms with Gasteiger partial charge in [0.2, 0.25) is 0 Å². The molecule has 20 heavy (non-hydrogen) atoms. The van der Waals surface area contributed by atoms with Gasteiger partial charge in [-0.3, -0.25) is 4.79 Å². The molecule has 0 aliphatic rings. The third kappa shape index (κ3) is 2.32. The maximum atomic E-state index is 11.7. The number of aromatic carboxylic acids is 1. The van der Waals surface area contributed by atoms with Gasteiger partial charge in [-0.15, -0.1) is 0 Å². The van der Waals surface area contributed by atoms with E-state index < -0.39 is 5.97 Å². The summed E-state index contributed by atoms with van der Waals surface area (Å²) >= 11 is 0. The summed E-state index contributed by atoms with van der Waals surface area (Å²) in [5, 5.41) is 19.0. The fourth-order valence-corrected chi connectivity index (χ4v) is 2.47. The van der Waals surface area contributed by atoms with Crippen molar-refractivity contribution in [3.05, 3.63) is 35.0 Å². The number of aliphatic hydroxyl groups is 1. The third-order valence-electron chi connectivity index (χ3n) is 3.40. The minimum Gasteiger partial charge on any atom is -0.478 e. The molecule has 0 fully saturated rings. The molecule has 2 aromatic rings. The second kappa shape index (κ2) is 5.46. The van der Waals surface area contributed by atoms with E-state index in [4.69, 9.17) is 5.11 Å². The van der Waals surface area contributed by atoms with E-state index >= 15 is 0 Å². The molecule has 1 heterocycles. The third-order valence-corrected chi connectivity index (χ3v) is 3.40. The summed E-state index contributed by atoms with van der Waals surface area (Å²) in [5.74, 6) is -1.11. The minimum absolute atomic E-state index is 0.0172. The van der Waals surface area contributed by atoms with Crippen molar-refractivity contribution in [2.45, 2.75) is 26.8 Å². The molecular formula is C15H17NO4. The molecule has 106 valence electrons. The van der Waals surface area contributed by atoms with E-state index in [1.165, 1.54) is 6.92 Å². The molecule has 0 atom stereocenters. The zero-order chi connectivity index (χ0) is 14.9. The van der Waals surface area contributed by atoms with Crippen LogP contribution < -0.4 is 0 Å². The highest BCUT2D eigenvalue weighted by atomic mass is 16.4. The minimum atomic E-state index is -1.01. The number of aromatic nitrogens is 1. The zero-order valence-electron chi connectivity index (χ0n) is 11.5. The summed E-state index contributed by atoms with van der Waals surface area (Å²) in [7, 11) is 0. The maximum absolute atomic E-state index is 11.7. The Kier molecular flexibility index (Phi) is 3.90. The molecule has 5 heteroatoms. The lowest BCUT2D eigenvalue weighted by molar-refractivity contribution is 0.0697. The van der Waals surface area contributed by atoms with Gasteiger partial charge in [0.25, 0.3) is 0 Å². The van der Waals surface area contributed by atoms with Crippen LogP contribution in [-0.2, 0) is 6.54 Å². The lowest BCUT2D eigenvalue weighted by Crippen LogP contribution is -2.06. The van der Waals surface area contributed by atoms with Gasteiger partial charge in [-0.1, -0.05) is 12.1 Å². The van der Waals surface area contributed by atoms with E-state index in [2.05, 4.69) is 0 Å². The van der Waals surface area contributed by atoms with Crippen LogP contribution in [-0.4, -0.2) is 33.1 Å². The first-order valence-corrected chi connectivity index (χ1v) is 6.45. The number of nitrogens with zero attached hydrogens (tertiary/aromatic N) is 1. The smallest absolute Gasteiger partial charge is 0.338 e. The summed E-state index contributed by atoms with van der Waals surface area (Å²) in [6, 6.07) is 3.50. The molecule has 0 spiro atoms. The summed E-state index contributed by atoms with van der Waals surface area (Å²) in [5.41, 5.74) is 1.94. The van der Waals surface area contributed by atoms with Crippen molar-refractivity contribution in [2.75, 3.05) is 6.61 Å². The van der Waals surface area contributed by atoms with Gasteiger partial charge in [0.1, 0.15) is 0 Å². The van der Waals surface area contributed by atoms with Crippen molar-refractivity contribution < 1.29 is 19.8 Å². The number of aryl methyl sites for hydroxylation is 2. The quantitative estimate of drug-likeness (QED) is 0.820. The Morgan fingerprint density at radius 1 is 1.30 bits per heavy atom. The van der Waals surface area contributed by atoms with Crippen molar-refractivity contribution in [2.24, 2.45) is 0 Å². The lowest BCUT2D eigenvalue weighted by atomic mass is 10.0. The van der Waals surface area contributed by atoms with E-state index in [1.54, 1.807) is 29.8 Å². The molecule has 0 amide bonds. The zero-order valence-corrected chi connectivity index (χ0v) is 11.5. The summed E-state index contributed by atoms with van der Waals surface area (Å²) in [6.45, 7) is 3.69. The average Bonchev–Trinajstić information content (AvgIpc) is 2.74. The van der Waals surface area contributed by atoms with E-state index in [1.807, 2.05) is 0 Å². The number of fused-ring (bicyclic) bond motifs is 1. The standard InChI is InChI=1S/C15H17NO4/c1-9-4-5-11-12(10(2)18)8-16(6-3-7-17)14(11)13(9)15(19)20/h4-5,8,17H,3,6-7H2,1-2H3,(H,19,20). The second-order valence-corrected chi connectivity index (χ2v) is 4.83. The van der Waals surface area contributed by atoms with Gasteiger partial charge in [0.05, 0.1) is 11.1 Å². The number of carboxylic acid groups (broad SMARTS) is 1. The van der Waals surface area contributed by atoms with E-state index in [0.717, 1.165) is 0 Å². The summed E-state index contributed by atoms with van der Waals surface area (Å²) in [6.07, 6.45) is 2.18. The molecule has 2 rings (SSSR count). The summed E-state index contributed by atoms with van der Waals surface area (Å²) < 4.78 is 1.75. The van der Waals surface area contributed by atoms with Crippen molar-refractivity contribution in [3.8, 4) is 0 Å². The van der Waals surface area contributed by atoms with Crippen molar-refractivity contribution in [3.63, 3.8) is 0 Å². The number of hydrogen-bond donors (Lipinski definition) is 2. The Morgan fingerprint density at radius 3 is 2.55 bits per heavy atom. The van der Waals surface area contributed by atoms with Crippen molar-refractivity contribution in [1.82, 2.24) is 4.57 Å². The van der Waals surface area contributed by atoms with Crippen LogP contribution in [0.5, 0.6) is 0 Å². The monoisotopic (exact) mass is 275 g/mol. The molecule has 0 aliphatic heterocycles. The molecule has 0 saturated heterocycles. The molecule has 1 aromatic heterocycles. The number of aliphatic hydroxyl groups excluding tert-OH is 1. The molecule has 0 aliphatic carbocycles. The van der Waals surface area contributed by atoms with Gasteiger partial charge in [-0.25, -0.2) is 4.79 Å². The predicted octanol–water partition coefficient (Wildman–Crippen LogP) is 2.23. The number of ketones is 1. The van der Waals surface area contributed by atoms with Gasteiger partial charge in [-0.05, 0) is 25.8 Å². The molecule has 0 radical (unpaired) electrons. The first-order valence-electron chi connectivity index (χ1n) is 6.45. The van der Waals surface area contributed by atoms with E-state index in [0.29, 0.717) is 35.0 Å². The number of benzene rings is 1. The first-order chi connectivity index (χ1) is 9.47. The Morgan fingerprint density at radius 2 is 2.00 bits per heavy atom. The van der Waals surface area contributed by atoms with Gasteiger partial charge < -0.3 is 14.8 Å². The normalized spacial score (nSPS) is 10.9. The van der Waals surface area contributed by atoms with E-state index in [9.17, 15) is 14.7 Å². The first kappa shape index (κ1) is 14.3. The van der Waals surface area contributed by atoms with Gasteiger partial charge in [0.15, 0.2) is 5.78 Å². The number of carbonyl (C=O) groups excluding carboxylic acids is 1. The number of hydrogen-bond acceptors (Lipinski definition) is 3.